The molecular formula is C16H25ClN2O2. The lowest BCUT2D eigenvalue weighted by Gasteiger charge is -2.27. The SMILES string of the molecule is CCOCc1cccc(NC(=O)[C@H]2CCN[C@@H](C)C2)c1.Cl. The van der Waals surface area contributed by atoms with Gasteiger partial charge in [-0.05, 0) is 50.9 Å². The van der Waals surface area contributed by atoms with Crippen LogP contribution >= 0.6 is 12.4 Å². The third kappa shape index (κ3) is 5.65. The highest BCUT2D eigenvalue weighted by Crippen LogP contribution is 2.19. The van der Waals surface area contributed by atoms with Gasteiger partial charge in [-0.25, -0.2) is 0 Å². The lowest BCUT2D eigenvalue weighted by molar-refractivity contribution is -0.120. The van der Waals surface area contributed by atoms with Gasteiger partial charge in [0.1, 0.15) is 0 Å². The molecule has 118 valence electrons. The van der Waals surface area contributed by atoms with Crippen LogP contribution in [0.2, 0.25) is 0 Å². The molecule has 2 atom stereocenters. The Hall–Kier alpha value is -1.10. The van der Waals surface area contributed by atoms with E-state index >= 15 is 0 Å². The van der Waals surface area contributed by atoms with Crippen LogP contribution in [0.25, 0.3) is 0 Å². The van der Waals surface area contributed by atoms with E-state index in [1.165, 1.54) is 0 Å². The second-order valence-electron chi connectivity index (χ2n) is 5.40. The van der Waals surface area contributed by atoms with Crippen molar-refractivity contribution in [2.75, 3.05) is 18.5 Å². The number of carbonyl (C=O) groups excluding carboxylic acids is 1. The Balaban J connectivity index is 0.00000220. The van der Waals surface area contributed by atoms with E-state index in [2.05, 4.69) is 17.6 Å². The summed E-state index contributed by atoms with van der Waals surface area (Å²) in [6.45, 7) is 6.31. The molecule has 1 fully saturated rings. The van der Waals surface area contributed by atoms with Gasteiger partial charge >= 0.3 is 0 Å². The number of benzene rings is 1. The van der Waals surface area contributed by atoms with Crippen molar-refractivity contribution in [2.45, 2.75) is 39.3 Å². The van der Waals surface area contributed by atoms with E-state index in [1.54, 1.807) is 0 Å². The highest BCUT2D eigenvalue weighted by Gasteiger charge is 2.24. The van der Waals surface area contributed by atoms with Crippen molar-refractivity contribution in [3.8, 4) is 0 Å². The molecule has 0 radical (unpaired) electrons. The molecule has 21 heavy (non-hydrogen) atoms. The molecule has 1 saturated heterocycles. The molecule has 1 aliphatic heterocycles. The summed E-state index contributed by atoms with van der Waals surface area (Å²) in [5.74, 6) is 0.244. The van der Waals surface area contributed by atoms with Gasteiger partial charge in [-0.3, -0.25) is 4.79 Å². The number of anilines is 1. The highest BCUT2D eigenvalue weighted by molar-refractivity contribution is 5.92. The maximum atomic E-state index is 12.3. The first kappa shape index (κ1) is 18.0. The molecule has 0 spiro atoms. The third-order valence-electron chi connectivity index (χ3n) is 3.66. The topological polar surface area (TPSA) is 50.4 Å². The molecular weight excluding hydrogens is 288 g/mol. The van der Waals surface area contributed by atoms with Crippen molar-refractivity contribution in [3.05, 3.63) is 29.8 Å². The van der Waals surface area contributed by atoms with Crippen LogP contribution in [-0.4, -0.2) is 25.1 Å². The fourth-order valence-corrected chi connectivity index (χ4v) is 2.57. The molecule has 1 aromatic carbocycles. The summed E-state index contributed by atoms with van der Waals surface area (Å²) in [4.78, 5) is 12.3. The number of halogens is 1. The van der Waals surface area contributed by atoms with E-state index < -0.39 is 0 Å². The molecule has 0 bridgehead atoms. The fraction of sp³-hybridized carbons (Fsp3) is 0.562. The summed E-state index contributed by atoms with van der Waals surface area (Å²) in [6.07, 6.45) is 1.82. The lowest BCUT2D eigenvalue weighted by Crippen LogP contribution is -2.40. The standard InChI is InChI=1S/C16H24N2O2.ClH/c1-3-20-11-13-5-4-6-15(10-13)18-16(19)14-7-8-17-12(2)9-14;/h4-6,10,12,14,17H,3,7-9,11H2,1-2H3,(H,18,19);1H/t12-,14-;/m0./s1. The molecule has 1 heterocycles. The van der Waals surface area contributed by atoms with E-state index in [0.717, 1.165) is 30.6 Å². The number of rotatable bonds is 5. The van der Waals surface area contributed by atoms with Crippen molar-refractivity contribution in [2.24, 2.45) is 5.92 Å². The molecule has 2 N–H and O–H groups in total. The Kier molecular flexibility index (Phi) is 7.72. The maximum Gasteiger partial charge on any atom is 0.227 e. The first-order chi connectivity index (χ1) is 9.69. The minimum absolute atomic E-state index is 0. The van der Waals surface area contributed by atoms with Crippen molar-refractivity contribution >= 4 is 24.0 Å². The van der Waals surface area contributed by atoms with E-state index in [4.69, 9.17) is 4.74 Å². The number of amides is 1. The van der Waals surface area contributed by atoms with Gasteiger partial charge in [0.05, 0.1) is 6.61 Å². The first-order valence-corrected chi connectivity index (χ1v) is 7.40. The second kappa shape index (κ2) is 9.03. The maximum absolute atomic E-state index is 12.3. The van der Waals surface area contributed by atoms with Gasteiger partial charge in [0.2, 0.25) is 5.91 Å². The zero-order valence-electron chi connectivity index (χ0n) is 12.7. The van der Waals surface area contributed by atoms with Crippen molar-refractivity contribution < 1.29 is 9.53 Å². The second-order valence-corrected chi connectivity index (χ2v) is 5.40. The van der Waals surface area contributed by atoms with Gasteiger partial charge in [-0.15, -0.1) is 12.4 Å². The van der Waals surface area contributed by atoms with Crippen molar-refractivity contribution in [3.63, 3.8) is 0 Å². The molecule has 1 amide bonds. The van der Waals surface area contributed by atoms with Crippen molar-refractivity contribution in [1.29, 1.82) is 0 Å². The summed E-state index contributed by atoms with van der Waals surface area (Å²) in [5, 5.41) is 6.39. The predicted octanol–water partition coefficient (Wildman–Crippen LogP) is 2.97. The van der Waals surface area contributed by atoms with E-state index in [1.807, 2.05) is 31.2 Å². The van der Waals surface area contributed by atoms with Crippen LogP contribution < -0.4 is 10.6 Å². The number of hydrogen-bond acceptors (Lipinski definition) is 3. The average Bonchev–Trinajstić information content (AvgIpc) is 2.45. The summed E-state index contributed by atoms with van der Waals surface area (Å²) < 4.78 is 5.39. The Morgan fingerprint density at radius 2 is 2.29 bits per heavy atom. The first-order valence-electron chi connectivity index (χ1n) is 7.40. The molecule has 5 heteroatoms. The van der Waals surface area contributed by atoms with E-state index in [9.17, 15) is 4.79 Å². The average molecular weight is 313 g/mol. The summed E-state index contributed by atoms with van der Waals surface area (Å²) in [5.41, 5.74) is 1.95. The van der Waals surface area contributed by atoms with Crippen LogP contribution in [0.1, 0.15) is 32.3 Å². The van der Waals surface area contributed by atoms with Crippen LogP contribution in [0.5, 0.6) is 0 Å². The summed E-state index contributed by atoms with van der Waals surface area (Å²) >= 11 is 0. The minimum atomic E-state index is 0. The number of hydrogen-bond donors (Lipinski definition) is 2. The predicted molar refractivity (Wildman–Crippen MR) is 87.8 cm³/mol. The number of nitrogens with one attached hydrogen (secondary N) is 2. The van der Waals surface area contributed by atoms with Crippen LogP contribution in [-0.2, 0) is 16.1 Å². The fourth-order valence-electron chi connectivity index (χ4n) is 2.57. The molecule has 1 aliphatic rings. The molecule has 1 aromatic rings. The monoisotopic (exact) mass is 312 g/mol. The zero-order valence-corrected chi connectivity index (χ0v) is 13.5. The van der Waals surface area contributed by atoms with Crippen LogP contribution in [0.4, 0.5) is 5.69 Å². The number of ether oxygens (including phenoxy) is 1. The molecule has 2 rings (SSSR count). The van der Waals surface area contributed by atoms with Crippen molar-refractivity contribution in [1.82, 2.24) is 5.32 Å². The normalized spacial score (nSPS) is 21.4. The quantitative estimate of drug-likeness (QED) is 0.879. The van der Waals surface area contributed by atoms with Crippen LogP contribution in [0.15, 0.2) is 24.3 Å². The van der Waals surface area contributed by atoms with E-state index in [0.29, 0.717) is 19.3 Å². The van der Waals surface area contributed by atoms with Gasteiger partial charge in [-0.2, -0.15) is 0 Å². The van der Waals surface area contributed by atoms with Crippen LogP contribution in [0, 0.1) is 5.92 Å². The van der Waals surface area contributed by atoms with Crippen LogP contribution in [0.3, 0.4) is 0 Å². The van der Waals surface area contributed by atoms with Gasteiger partial charge in [0.25, 0.3) is 0 Å². The number of piperidine rings is 1. The molecule has 0 aliphatic carbocycles. The Bertz CT molecular complexity index is 454. The van der Waals surface area contributed by atoms with E-state index in [-0.39, 0.29) is 24.2 Å². The molecule has 0 unspecified atom stereocenters. The molecule has 0 aromatic heterocycles. The lowest BCUT2D eigenvalue weighted by atomic mass is 9.92. The summed E-state index contributed by atoms with van der Waals surface area (Å²) in [7, 11) is 0. The minimum Gasteiger partial charge on any atom is -0.377 e. The smallest absolute Gasteiger partial charge is 0.227 e. The Morgan fingerprint density at radius 1 is 1.48 bits per heavy atom. The van der Waals surface area contributed by atoms with Gasteiger partial charge in [-0.1, -0.05) is 12.1 Å². The summed E-state index contributed by atoms with van der Waals surface area (Å²) in [6, 6.07) is 8.30. The van der Waals surface area contributed by atoms with Gasteiger partial charge in [0, 0.05) is 24.3 Å². The van der Waals surface area contributed by atoms with Gasteiger partial charge < -0.3 is 15.4 Å². The third-order valence-corrected chi connectivity index (χ3v) is 3.66. The zero-order chi connectivity index (χ0) is 14.4. The highest BCUT2D eigenvalue weighted by atomic mass is 35.5. The Labute approximate surface area is 133 Å². The molecule has 4 nitrogen and oxygen atoms in total. The number of carbonyl (C=O) groups is 1. The Morgan fingerprint density at radius 3 is 3.00 bits per heavy atom. The van der Waals surface area contributed by atoms with Gasteiger partial charge in [0.15, 0.2) is 0 Å². The largest absolute Gasteiger partial charge is 0.377 e. The molecule has 0 saturated carbocycles.